The molecule has 0 saturated carbocycles. The number of hydrogen-bond donors (Lipinski definition) is 1. The Kier molecular flexibility index (Phi) is 10.4. The molecule has 0 bridgehead atoms. The monoisotopic (exact) mass is 649 g/mol. The first-order valence-electron chi connectivity index (χ1n) is 13.4. The number of rotatable bonds is 12. The molecular weight excluding hydrogens is 618 g/mol. The molecule has 1 N–H and O–H groups in total. The Morgan fingerprint density at radius 3 is 2.10 bits per heavy atom. The van der Waals surface area contributed by atoms with Crippen LogP contribution in [0, 0.1) is 0 Å². The number of nitrogens with one attached hydrogen (secondary N) is 1. The molecule has 0 unspecified atom stereocenters. The van der Waals surface area contributed by atoms with E-state index in [1.165, 1.54) is 17.0 Å². The molecule has 1 atom stereocenters. The Morgan fingerprint density at radius 1 is 0.857 bits per heavy atom. The fraction of sp³-hybridized carbons (Fsp3) is 0.188. The van der Waals surface area contributed by atoms with Crippen LogP contribution >= 0.6 is 15.9 Å². The maximum Gasteiger partial charge on any atom is 0.264 e. The normalized spacial score (nSPS) is 11.8. The number of nitrogens with zero attached hydrogens (tertiary/aromatic N) is 2. The van der Waals surface area contributed by atoms with Gasteiger partial charge < -0.3 is 15.0 Å². The van der Waals surface area contributed by atoms with Gasteiger partial charge in [-0.2, -0.15) is 0 Å². The molecule has 4 aromatic carbocycles. The highest BCUT2D eigenvalue weighted by atomic mass is 79.9. The van der Waals surface area contributed by atoms with E-state index in [-0.39, 0.29) is 23.0 Å². The highest BCUT2D eigenvalue weighted by molar-refractivity contribution is 9.10. The van der Waals surface area contributed by atoms with Gasteiger partial charge in [-0.1, -0.05) is 64.5 Å². The number of para-hydroxylation sites is 1. The molecule has 4 rings (SSSR count). The van der Waals surface area contributed by atoms with Gasteiger partial charge in [-0.25, -0.2) is 8.42 Å². The number of anilines is 1. The van der Waals surface area contributed by atoms with Crippen molar-refractivity contribution in [2.45, 2.75) is 31.3 Å². The van der Waals surface area contributed by atoms with E-state index in [1.807, 2.05) is 54.6 Å². The lowest BCUT2D eigenvalue weighted by Gasteiger charge is -2.32. The fourth-order valence-corrected chi connectivity index (χ4v) is 6.17. The second-order valence-corrected chi connectivity index (χ2v) is 12.2. The quantitative estimate of drug-likeness (QED) is 0.203. The average Bonchev–Trinajstić information content (AvgIpc) is 3.00. The number of carbonyl (C=O) groups is 2. The summed E-state index contributed by atoms with van der Waals surface area (Å²) in [5, 5.41) is 2.76. The van der Waals surface area contributed by atoms with Gasteiger partial charge in [-0.3, -0.25) is 13.9 Å². The first-order valence-corrected chi connectivity index (χ1v) is 15.6. The molecule has 0 aliphatic heterocycles. The first-order chi connectivity index (χ1) is 20.2. The Morgan fingerprint density at radius 2 is 1.48 bits per heavy atom. The third kappa shape index (κ3) is 7.77. The summed E-state index contributed by atoms with van der Waals surface area (Å²) in [6.07, 6.45) is 0. The Labute approximate surface area is 255 Å². The van der Waals surface area contributed by atoms with Gasteiger partial charge in [-0.15, -0.1) is 0 Å². The van der Waals surface area contributed by atoms with Crippen LogP contribution in [0.1, 0.15) is 19.4 Å². The van der Waals surface area contributed by atoms with Gasteiger partial charge in [0.15, 0.2) is 0 Å². The maximum absolute atomic E-state index is 14.0. The molecule has 42 heavy (non-hydrogen) atoms. The van der Waals surface area contributed by atoms with Crippen LogP contribution in [-0.2, 0) is 26.2 Å². The minimum absolute atomic E-state index is 0.0396. The lowest BCUT2D eigenvalue weighted by molar-refractivity contribution is -0.139. The SMILES string of the molecule is CCNC(=O)[C@H](C)N(Cc1cccc(Br)c1)C(=O)CN(c1ccc(Oc2ccccc2)cc1)S(=O)(=O)c1ccccc1. The molecule has 10 heteroatoms. The van der Waals surface area contributed by atoms with E-state index in [4.69, 9.17) is 4.74 Å². The predicted octanol–water partition coefficient (Wildman–Crippen LogP) is 5.99. The number of benzene rings is 4. The van der Waals surface area contributed by atoms with Gasteiger partial charge in [0.1, 0.15) is 24.1 Å². The number of amides is 2. The van der Waals surface area contributed by atoms with E-state index in [1.54, 1.807) is 56.3 Å². The van der Waals surface area contributed by atoms with Gasteiger partial charge >= 0.3 is 0 Å². The van der Waals surface area contributed by atoms with Gasteiger partial charge in [0.05, 0.1) is 10.6 Å². The van der Waals surface area contributed by atoms with Crippen LogP contribution in [0.25, 0.3) is 0 Å². The molecule has 8 nitrogen and oxygen atoms in total. The smallest absolute Gasteiger partial charge is 0.264 e. The summed E-state index contributed by atoms with van der Waals surface area (Å²) in [5.74, 6) is 0.282. The second kappa shape index (κ2) is 14.2. The van der Waals surface area contributed by atoms with E-state index >= 15 is 0 Å². The van der Waals surface area contributed by atoms with E-state index in [0.29, 0.717) is 18.0 Å². The van der Waals surface area contributed by atoms with Crippen LogP contribution in [0.2, 0.25) is 0 Å². The molecule has 0 aliphatic carbocycles. The number of ether oxygens (including phenoxy) is 1. The lowest BCUT2D eigenvalue weighted by Crippen LogP contribution is -2.51. The summed E-state index contributed by atoms with van der Waals surface area (Å²) in [7, 11) is -4.15. The Hall–Kier alpha value is -4.15. The third-order valence-corrected chi connectivity index (χ3v) is 8.76. The number of halogens is 1. The third-order valence-electron chi connectivity index (χ3n) is 6.47. The molecule has 2 amide bonds. The second-order valence-electron chi connectivity index (χ2n) is 9.46. The van der Waals surface area contributed by atoms with Crippen molar-refractivity contribution < 1.29 is 22.7 Å². The molecule has 0 spiro atoms. The van der Waals surface area contributed by atoms with Crippen molar-refractivity contribution in [3.8, 4) is 11.5 Å². The van der Waals surface area contributed by atoms with E-state index < -0.39 is 28.5 Å². The molecule has 0 aromatic heterocycles. The van der Waals surface area contributed by atoms with Gasteiger partial charge in [-0.05, 0) is 80.1 Å². The molecule has 218 valence electrons. The minimum atomic E-state index is -4.15. The molecular formula is C32H32BrN3O5S. The van der Waals surface area contributed by atoms with Crippen LogP contribution in [0.5, 0.6) is 11.5 Å². The average molecular weight is 651 g/mol. The zero-order valence-electron chi connectivity index (χ0n) is 23.3. The van der Waals surface area contributed by atoms with Crippen LogP contribution in [0.3, 0.4) is 0 Å². The van der Waals surface area contributed by atoms with Crippen LogP contribution in [0.4, 0.5) is 5.69 Å². The lowest BCUT2D eigenvalue weighted by atomic mass is 10.1. The molecule has 0 saturated heterocycles. The molecule has 4 aromatic rings. The van der Waals surface area contributed by atoms with Crippen molar-refractivity contribution >= 4 is 43.5 Å². The Balaban J connectivity index is 1.69. The molecule has 0 aliphatic rings. The van der Waals surface area contributed by atoms with Crippen molar-refractivity contribution in [3.63, 3.8) is 0 Å². The predicted molar refractivity (Wildman–Crippen MR) is 167 cm³/mol. The zero-order valence-corrected chi connectivity index (χ0v) is 25.7. The van der Waals surface area contributed by atoms with E-state index in [9.17, 15) is 18.0 Å². The number of likely N-dealkylation sites (N-methyl/N-ethyl adjacent to an activating group) is 1. The van der Waals surface area contributed by atoms with Crippen molar-refractivity contribution in [2.24, 2.45) is 0 Å². The van der Waals surface area contributed by atoms with Crippen molar-refractivity contribution in [2.75, 3.05) is 17.4 Å². The van der Waals surface area contributed by atoms with Gasteiger partial charge in [0.25, 0.3) is 10.0 Å². The summed E-state index contributed by atoms with van der Waals surface area (Å²) < 4.78 is 35.6. The number of sulfonamides is 1. The van der Waals surface area contributed by atoms with E-state index in [2.05, 4.69) is 21.2 Å². The summed E-state index contributed by atoms with van der Waals surface area (Å²) in [6, 6.07) is 30.2. The first kappa shape index (κ1) is 30.8. The molecule has 0 fully saturated rings. The van der Waals surface area contributed by atoms with Crippen LogP contribution in [0.15, 0.2) is 119 Å². The van der Waals surface area contributed by atoms with E-state index in [0.717, 1.165) is 14.3 Å². The number of hydrogen-bond acceptors (Lipinski definition) is 5. The summed E-state index contributed by atoms with van der Waals surface area (Å²) in [4.78, 5) is 28.2. The highest BCUT2D eigenvalue weighted by Crippen LogP contribution is 2.28. The van der Waals surface area contributed by atoms with Crippen LogP contribution < -0.4 is 14.4 Å². The maximum atomic E-state index is 14.0. The van der Waals surface area contributed by atoms with Crippen LogP contribution in [-0.4, -0.2) is 44.3 Å². The Bertz CT molecular complexity index is 1600. The highest BCUT2D eigenvalue weighted by Gasteiger charge is 2.32. The number of carbonyl (C=O) groups excluding carboxylic acids is 2. The summed E-state index contributed by atoms with van der Waals surface area (Å²) in [6.45, 7) is 3.42. The zero-order chi connectivity index (χ0) is 30.1. The molecule has 0 radical (unpaired) electrons. The topological polar surface area (TPSA) is 96.0 Å². The molecule has 0 heterocycles. The standard InChI is InChI=1S/C32H32BrN3O5S/c1-3-34-32(38)24(2)35(22-25-11-10-12-26(33)21-25)31(37)23-36(42(39,40)30-15-8-5-9-16-30)27-17-19-29(20-18-27)41-28-13-6-4-7-14-28/h4-21,24H,3,22-23H2,1-2H3,(H,34,38)/t24-/m0/s1. The largest absolute Gasteiger partial charge is 0.457 e. The van der Waals surface area contributed by atoms with Crippen molar-refractivity contribution in [1.82, 2.24) is 10.2 Å². The van der Waals surface area contributed by atoms with Gasteiger partial charge in [0, 0.05) is 17.6 Å². The van der Waals surface area contributed by atoms with Crippen molar-refractivity contribution in [3.05, 3.63) is 119 Å². The summed E-state index contributed by atoms with van der Waals surface area (Å²) >= 11 is 3.45. The fourth-order valence-electron chi connectivity index (χ4n) is 4.29. The van der Waals surface area contributed by atoms with Crippen molar-refractivity contribution in [1.29, 1.82) is 0 Å². The minimum Gasteiger partial charge on any atom is -0.457 e. The summed E-state index contributed by atoms with van der Waals surface area (Å²) in [5.41, 5.74) is 1.06. The van der Waals surface area contributed by atoms with Gasteiger partial charge in [0.2, 0.25) is 11.8 Å².